The Morgan fingerprint density at radius 2 is 1.58 bits per heavy atom. The molecule has 3 amide bonds. The first-order chi connectivity index (χ1) is 12.6. The van der Waals surface area contributed by atoms with Crippen molar-refractivity contribution in [3.05, 3.63) is 71.3 Å². The molecule has 0 spiro atoms. The van der Waals surface area contributed by atoms with E-state index in [0.717, 1.165) is 0 Å². The SMILES string of the molecule is CNC(=O)c1ccccc1C#CCNC(=O)CNC(=O)c1ccccc1. The smallest absolute Gasteiger partial charge is 0.252 e. The molecule has 132 valence electrons. The molecule has 0 unspecified atom stereocenters. The Hall–Kier alpha value is -3.59. The van der Waals surface area contributed by atoms with Gasteiger partial charge in [-0.3, -0.25) is 14.4 Å². The van der Waals surface area contributed by atoms with Gasteiger partial charge in [-0.2, -0.15) is 0 Å². The van der Waals surface area contributed by atoms with E-state index in [9.17, 15) is 14.4 Å². The molecule has 6 heteroatoms. The Bertz CT molecular complexity index is 851. The van der Waals surface area contributed by atoms with Crippen molar-refractivity contribution in [2.75, 3.05) is 20.1 Å². The number of benzene rings is 2. The lowest BCUT2D eigenvalue weighted by molar-refractivity contribution is -0.119. The summed E-state index contributed by atoms with van der Waals surface area (Å²) in [6, 6.07) is 15.6. The maximum Gasteiger partial charge on any atom is 0.252 e. The van der Waals surface area contributed by atoms with Crippen LogP contribution in [0, 0.1) is 11.8 Å². The second-order valence-electron chi connectivity index (χ2n) is 5.25. The molecule has 2 rings (SSSR count). The normalized spacial score (nSPS) is 9.42. The first-order valence-electron chi connectivity index (χ1n) is 8.01. The van der Waals surface area contributed by atoms with Crippen molar-refractivity contribution in [2.45, 2.75) is 0 Å². The molecule has 0 atom stereocenters. The summed E-state index contributed by atoms with van der Waals surface area (Å²) in [6.07, 6.45) is 0. The summed E-state index contributed by atoms with van der Waals surface area (Å²) in [5.41, 5.74) is 1.55. The monoisotopic (exact) mass is 349 g/mol. The van der Waals surface area contributed by atoms with Crippen LogP contribution in [0.1, 0.15) is 26.3 Å². The molecule has 0 saturated heterocycles. The summed E-state index contributed by atoms with van der Waals surface area (Å²) in [4.78, 5) is 35.3. The van der Waals surface area contributed by atoms with Crippen molar-refractivity contribution in [2.24, 2.45) is 0 Å². The summed E-state index contributed by atoms with van der Waals surface area (Å²) in [6.45, 7) is -0.0215. The van der Waals surface area contributed by atoms with Crippen LogP contribution in [0.3, 0.4) is 0 Å². The molecule has 0 bridgehead atoms. The quantitative estimate of drug-likeness (QED) is 0.702. The third-order valence-electron chi connectivity index (χ3n) is 3.44. The van der Waals surface area contributed by atoms with Gasteiger partial charge < -0.3 is 16.0 Å². The van der Waals surface area contributed by atoms with Gasteiger partial charge in [-0.25, -0.2) is 0 Å². The molecular formula is C20H19N3O3. The molecule has 3 N–H and O–H groups in total. The van der Waals surface area contributed by atoms with Crippen molar-refractivity contribution >= 4 is 17.7 Å². The van der Waals surface area contributed by atoms with E-state index in [1.807, 2.05) is 6.07 Å². The van der Waals surface area contributed by atoms with Crippen molar-refractivity contribution < 1.29 is 14.4 Å². The number of hydrogen-bond donors (Lipinski definition) is 3. The standard InChI is InChI=1S/C20H19N3O3/c1-21-20(26)17-12-6-5-8-15(17)11-7-13-22-18(24)14-23-19(25)16-9-3-2-4-10-16/h2-6,8-10,12H,13-14H2,1H3,(H,21,26)(H,22,24)(H,23,25). The number of rotatable bonds is 5. The molecule has 0 aromatic heterocycles. The summed E-state index contributed by atoms with van der Waals surface area (Å²) >= 11 is 0. The molecule has 0 aliphatic rings. The predicted molar refractivity (Wildman–Crippen MR) is 98.5 cm³/mol. The molecule has 0 radical (unpaired) electrons. The number of nitrogens with one attached hydrogen (secondary N) is 3. The van der Waals surface area contributed by atoms with Gasteiger partial charge in [-0.05, 0) is 24.3 Å². The zero-order valence-corrected chi connectivity index (χ0v) is 14.3. The average molecular weight is 349 g/mol. The Morgan fingerprint density at radius 3 is 2.31 bits per heavy atom. The summed E-state index contributed by atoms with van der Waals surface area (Å²) < 4.78 is 0. The molecule has 0 heterocycles. The van der Waals surface area contributed by atoms with Gasteiger partial charge in [0.05, 0.1) is 18.7 Å². The van der Waals surface area contributed by atoms with Gasteiger partial charge in [0.2, 0.25) is 5.91 Å². The largest absolute Gasteiger partial charge is 0.355 e. The van der Waals surface area contributed by atoms with E-state index in [4.69, 9.17) is 0 Å². The average Bonchev–Trinajstić information content (AvgIpc) is 2.69. The molecule has 0 aliphatic heterocycles. The molecule has 0 aliphatic carbocycles. The molecule has 0 fully saturated rings. The van der Waals surface area contributed by atoms with E-state index in [2.05, 4.69) is 27.8 Å². The van der Waals surface area contributed by atoms with Crippen LogP contribution in [0.25, 0.3) is 0 Å². The number of carbonyl (C=O) groups is 3. The third kappa shape index (κ3) is 5.49. The van der Waals surface area contributed by atoms with Crippen molar-refractivity contribution in [3.8, 4) is 11.8 Å². The van der Waals surface area contributed by atoms with Gasteiger partial charge in [-0.15, -0.1) is 0 Å². The number of carbonyl (C=O) groups excluding carboxylic acids is 3. The van der Waals surface area contributed by atoms with Crippen LogP contribution < -0.4 is 16.0 Å². The Labute approximate surface area is 152 Å². The zero-order chi connectivity index (χ0) is 18.8. The highest BCUT2D eigenvalue weighted by Crippen LogP contribution is 2.06. The first kappa shape index (κ1) is 18.7. The van der Waals surface area contributed by atoms with Gasteiger partial charge in [-0.1, -0.05) is 42.2 Å². The Kier molecular flexibility index (Phi) is 6.95. The first-order valence-corrected chi connectivity index (χ1v) is 8.01. The van der Waals surface area contributed by atoms with E-state index in [0.29, 0.717) is 16.7 Å². The molecular weight excluding hydrogens is 330 g/mol. The van der Waals surface area contributed by atoms with E-state index in [1.165, 1.54) is 0 Å². The molecule has 0 saturated carbocycles. The highest BCUT2D eigenvalue weighted by molar-refractivity contribution is 5.97. The lowest BCUT2D eigenvalue weighted by atomic mass is 10.1. The maximum absolute atomic E-state index is 11.8. The van der Waals surface area contributed by atoms with Crippen molar-refractivity contribution in [1.82, 2.24) is 16.0 Å². The van der Waals surface area contributed by atoms with Gasteiger partial charge in [0.1, 0.15) is 0 Å². The van der Waals surface area contributed by atoms with E-state index < -0.39 is 0 Å². The minimum Gasteiger partial charge on any atom is -0.355 e. The van der Waals surface area contributed by atoms with Crippen LogP contribution in [0.5, 0.6) is 0 Å². The van der Waals surface area contributed by atoms with E-state index >= 15 is 0 Å². The molecule has 26 heavy (non-hydrogen) atoms. The molecule has 6 nitrogen and oxygen atoms in total. The van der Waals surface area contributed by atoms with Gasteiger partial charge >= 0.3 is 0 Å². The van der Waals surface area contributed by atoms with Crippen LogP contribution in [-0.2, 0) is 4.79 Å². The predicted octanol–water partition coefficient (Wildman–Crippen LogP) is 0.944. The fourth-order valence-electron chi connectivity index (χ4n) is 2.12. The van der Waals surface area contributed by atoms with Crippen LogP contribution in [0.2, 0.25) is 0 Å². The lowest BCUT2D eigenvalue weighted by Crippen LogP contribution is -2.37. The third-order valence-corrected chi connectivity index (χ3v) is 3.44. The van der Waals surface area contributed by atoms with Gasteiger partial charge in [0.25, 0.3) is 11.8 Å². The fraction of sp³-hybridized carbons (Fsp3) is 0.150. The zero-order valence-electron chi connectivity index (χ0n) is 14.3. The topological polar surface area (TPSA) is 87.3 Å². The van der Waals surface area contributed by atoms with E-state index in [-0.39, 0.29) is 30.8 Å². The minimum absolute atomic E-state index is 0.113. The van der Waals surface area contributed by atoms with Crippen LogP contribution in [0.15, 0.2) is 54.6 Å². The second-order valence-corrected chi connectivity index (χ2v) is 5.25. The summed E-state index contributed by atoms with van der Waals surface area (Å²) in [7, 11) is 1.55. The second kappa shape index (κ2) is 9.64. The van der Waals surface area contributed by atoms with E-state index in [1.54, 1.807) is 55.6 Å². The van der Waals surface area contributed by atoms with Crippen LogP contribution in [0.4, 0.5) is 0 Å². The maximum atomic E-state index is 11.8. The fourth-order valence-corrected chi connectivity index (χ4v) is 2.12. The highest BCUT2D eigenvalue weighted by Gasteiger charge is 2.07. The van der Waals surface area contributed by atoms with Crippen molar-refractivity contribution in [3.63, 3.8) is 0 Å². The Balaban J connectivity index is 1.82. The van der Waals surface area contributed by atoms with Crippen LogP contribution in [-0.4, -0.2) is 37.9 Å². The molecule has 2 aromatic carbocycles. The van der Waals surface area contributed by atoms with Crippen molar-refractivity contribution in [1.29, 1.82) is 0 Å². The minimum atomic E-state index is -0.344. The van der Waals surface area contributed by atoms with Crippen LogP contribution >= 0.6 is 0 Å². The lowest BCUT2D eigenvalue weighted by Gasteiger charge is -2.05. The summed E-state index contributed by atoms with van der Waals surface area (Å²) in [5.74, 6) is 4.78. The highest BCUT2D eigenvalue weighted by atomic mass is 16.2. The summed E-state index contributed by atoms with van der Waals surface area (Å²) in [5, 5.41) is 7.69. The number of amides is 3. The van der Waals surface area contributed by atoms with Gasteiger partial charge in [0.15, 0.2) is 0 Å². The Morgan fingerprint density at radius 1 is 0.885 bits per heavy atom. The van der Waals surface area contributed by atoms with Gasteiger partial charge in [0, 0.05) is 18.2 Å². The molecule has 2 aromatic rings. The number of hydrogen-bond acceptors (Lipinski definition) is 3.